The fraction of sp³-hybridized carbons (Fsp3) is 0.500. The van der Waals surface area contributed by atoms with Crippen LogP contribution in [-0.4, -0.2) is 42.0 Å². The lowest BCUT2D eigenvalue weighted by atomic mass is 10.2. The maximum atomic E-state index is 12.6. The summed E-state index contributed by atoms with van der Waals surface area (Å²) in [6.07, 6.45) is 2.47. The Labute approximate surface area is 134 Å². The summed E-state index contributed by atoms with van der Waals surface area (Å²) in [5.74, 6) is 1.50. The van der Waals surface area contributed by atoms with E-state index in [1.165, 1.54) is 0 Å². The van der Waals surface area contributed by atoms with Crippen molar-refractivity contribution in [2.75, 3.05) is 20.1 Å². The normalized spacial score (nSPS) is 18.1. The number of likely N-dealkylation sites (tertiary alicyclic amines) is 1. The molecule has 0 aromatic carbocycles. The number of hydrogen-bond donors (Lipinski definition) is 1. The molecule has 118 valence electrons. The highest BCUT2D eigenvalue weighted by atomic mass is 32.1. The molecule has 0 radical (unpaired) electrons. The predicted molar refractivity (Wildman–Crippen MR) is 86.9 cm³/mol. The fourth-order valence-corrected chi connectivity index (χ4v) is 3.60. The van der Waals surface area contributed by atoms with Crippen LogP contribution in [0, 0.1) is 6.92 Å². The topological polar surface area (TPSA) is 58.4 Å². The van der Waals surface area contributed by atoms with Gasteiger partial charge in [-0.15, -0.1) is 11.3 Å². The van der Waals surface area contributed by atoms with Crippen LogP contribution in [0.4, 0.5) is 0 Å². The van der Waals surface area contributed by atoms with Gasteiger partial charge in [0.05, 0.1) is 17.0 Å². The highest BCUT2D eigenvalue weighted by Gasteiger charge is 2.29. The molecule has 6 heteroatoms. The van der Waals surface area contributed by atoms with E-state index in [1.54, 1.807) is 11.3 Å². The van der Waals surface area contributed by atoms with Gasteiger partial charge in [-0.1, -0.05) is 6.07 Å². The Balaban J connectivity index is 1.71. The van der Waals surface area contributed by atoms with Crippen LogP contribution in [0.15, 0.2) is 21.9 Å². The highest BCUT2D eigenvalue weighted by molar-refractivity contribution is 7.13. The Hall–Kier alpha value is -1.66. The standard InChI is InChI=1S/C16H21N3O2S/c1-11-13(18-16(21-11)14-6-4-8-22-14)9-15(20)19-7-3-5-12(19)10-17-2/h4,6,8,12,17H,3,5,7,9-10H2,1-2H3. The molecule has 0 bridgehead atoms. The number of carbonyl (C=O) groups excluding carboxylic acids is 1. The van der Waals surface area contributed by atoms with Crippen LogP contribution in [-0.2, 0) is 11.2 Å². The van der Waals surface area contributed by atoms with Crippen LogP contribution in [0.1, 0.15) is 24.3 Å². The average molecular weight is 319 g/mol. The van der Waals surface area contributed by atoms with Crippen molar-refractivity contribution >= 4 is 17.2 Å². The van der Waals surface area contributed by atoms with Gasteiger partial charge < -0.3 is 14.6 Å². The molecule has 1 amide bonds. The maximum absolute atomic E-state index is 12.6. The van der Waals surface area contributed by atoms with Crippen molar-refractivity contribution in [3.05, 3.63) is 29.0 Å². The van der Waals surface area contributed by atoms with Crippen LogP contribution in [0.5, 0.6) is 0 Å². The van der Waals surface area contributed by atoms with Crippen molar-refractivity contribution in [3.63, 3.8) is 0 Å². The lowest BCUT2D eigenvalue weighted by Crippen LogP contribution is -2.41. The minimum Gasteiger partial charge on any atom is -0.440 e. The summed E-state index contributed by atoms with van der Waals surface area (Å²) < 4.78 is 5.71. The molecule has 1 atom stereocenters. The molecule has 3 heterocycles. The Morgan fingerprint density at radius 1 is 1.59 bits per heavy atom. The maximum Gasteiger partial charge on any atom is 0.236 e. The number of thiophene rings is 1. The number of carbonyl (C=O) groups is 1. The van der Waals surface area contributed by atoms with Gasteiger partial charge in [-0.25, -0.2) is 4.98 Å². The molecule has 0 saturated carbocycles. The van der Waals surface area contributed by atoms with E-state index in [9.17, 15) is 4.79 Å². The summed E-state index contributed by atoms with van der Waals surface area (Å²) in [5.41, 5.74) is 0.753. The van der Waals surface area contributed by atoms with Crippen molar-refractivity contribution in [3.8, 4) is 10.8 Å². The lowest BCUT2D eigenvalue weighted by molar-refractivity contribution is -0.131. The minimum absolute atomic E-state index is 0.145. The van der Waals surface area contributed by atoms with Crippen LogP contribution in [0.25, 0.3) is 10.8 Å². The summed E-state index contributed by atoms with van der Waals surface area (Å²) in [5, 5.41) is 5.16. The molecular weight excluding hydrogens is 298 g/mol. The molecule has 3 rings (SSSR count). The third kappa shape index (κ3) is 3.08. The summed E-state index contributed by atoms with van der Waals surface area (Å²) in [4.78, 5) is 20.1. The number of oxazole rings is 1. The van der Waals surface area contributed by atoms with E-state index in [0.717, 1.165) is 42.3 Å². The van der Waals surface area contributed by atoms with E-state index in [4.69, 9.17) is 4.42 Å². The number of aromatic nitrogens is 1. The first-order valence-electron chi connectivity index (χ1n) is 7.63. The Bertz CT molecular complexity index is 636. The number of rotatable bonds is 5. The first-order chi connectivity index (χ1) is 10.7. The Morgan fingerprint density at radius 3 is 3.18 bits per heavy atom. The monoisotopic (exact) mass is 319 g/mol. The summed E-state index contributed by atoms with van der Waals surface area (Å²) >= 11 is 1.59. The molecule has 2 aromatic rings. The van der Waals surface area contributed by atoms with Crippen LogP contribution in [0.3, 0.4) is 0 Å². The molecule has 1 unspecified atom stereocenters. The SMILES string of the molecule is CNCC1CCCN1C(=O)Cc1nc(-c2cccs2)oc1C. The average Bonchev–Trinajstić information content (AvgIpc) is 3.21. The largest absolute Gasteiger partial charge is 0.440 e. The number of hydrogen-bond acceptors (Lipinski definition) is 5. The van der Waals surface area contributed by atoms with Gasteiger partial charge in [0, 0.05) is 19.1 Å². The molecule has 0 spiro atoms. The van der Waals surface area contributed by atoms with Gasteiger partial charge in [-0.05, 0) is 38.3 Å². The van der Waals surface area contributed by atoms with Crippen LogP contribution < -0.4 is 5.32 Å². The van der Waals surface area contributed by atoms with Crippen molar-refractivity contribution < 1.29 is 9.21 Å². The van der Waals surface area contributed by atoms with Crippen LogP contribution in [0.2, 0.25) is 0 Å². The number of amides is 1. The number of nitrogens with one attached hydrogen (secondary N) is 1. The number of nitrogens with zero attached hydrogens (tertiary/aromatic N) is 2. The predicted octanol–water partition coefficient (Wildman–Crippen LogP) is 2.46. The van der Waals surface area contributed by atoms with Crippen molar-refractivity contribution in [1.82, 2.24) is 15.2 Å². The zero-order chi connectivity index (χ0) is 15.5. The summed E-state index contributed by atoms with van der Waals surface area (Å²) in [7, 11) is 1.93. The van der Waals surface area contributed by atoms with Gasteiger partial charge in [-0.2, -0.15) is 0 Å². The van der Waals surface area contributed by atoms with Crippen LogP contribution >= 0.6 is 11.3 Å². The van der Waals surface area contributed by atoms with E-state index >= 15 is 0 Å². The Kier molecular flexibility index (Phi) is 4.59. The van der Waals surface area contributed by atoms with E-state index in [2.05, 4.69) is 10.3 Å². The van der Waals surface area contributed by atoms with Gasteiger partial charge in [0.15, 0.2) is 0 Å². The lowest BCUT2D eigenvalue weighted by Gasteiger charge is -2.24. The molecule has 1 aliphatic heterocycles. The van der Waals surface area contributed by atoms with Crippen molar-refractivity contribution in [1.29, 1.82) is 0 Å². The molecule has 1 aliphatic rings. The fourth-order valence-electron chi connectivity index (χ4n) is 2.95. The molecular formula is C16H21N3O2S. The molecule has 22 heavy (non-hydrogen) atoms. The third-order valence-corrected chi connectivity index (χ3v) is 4.94. The zero-order valence-electron chi connectivity index (χ0n) is 13.0. The molecule has 1 fully saturated rings. The molecule has 5 nitrogen and oxygen atoms in total. The molecule has 2 aromatic heterocycles. The van der Waals surface area contributed by atoms with Crippen molar-refractivity contribution in [2.45, 2.75) is 32.2 Å². The quantitative estimate of drug-likeness (QED) is 0.920. The van der Waals surface area contributed by atoms with E-state index in [1.807, 2.05) is 36.4 Å². The zero-order valence-corrected chi connectivity index (χ0v) is 13.8. The Morgan fingerprint density at radius 2 is 2.45 bits per heavy atom. The van der Waals surface area contributed by atoms with Gasteiger partial charge in [-0.3, -0.25) is 4.79 Å². The van der Waals surface area contributed by atoms with Gasteiger partial charge >= 0.3 is 0 Å². The molecule has 0 aliphatic carbocycles. The van der Waals surface area contributed by atoms with Gasteiger partial charge in [0.1, 0.15) is 5.76 Å². The molecule has 1 N–H and O–H groups in total. The van der Waals surface area contributed by atoms with Gasteiger partial charge in [0.2, 0.25) is 11.8 Å². The van der Waals surface area contributed by atoms with Crippen molar-refractivity contribution in [2.24, 2.45) is 0 Å². The van der Waals surface area contributed by atoms with E-state index < -0.39 is 0 Å². The number of aryl methyl sites for hydroxylation is 1. The third-order valence-electron chi connectivity index (χ3n) is 4.08. The second kappa shape index (κ2) is 6.62. The van der Waals surface area contributed by atoms with E-state index in [-0.39, 0.29) is 5.91 Å². The second-order valence-corrected chi connectivity index (χ2v) is 6.56. The number of likely N-dealkylation sites (N-methyl/N-ethyl adjacent to an activating group) is 1. The highest BCUT2D eigenvalue weighted by Crippen LogP contribution is 2.26. The van der Waals surface area contributed by atoms with E-state index in [0.29, 0.717) is 18.4 Å². The van der Waals surface area contributed by atoms with Gasteiger partial charge in [0.25, 0.3) is 0 Å². The first-order valence-corrected chi connectivity index (χ1v) is 8.51. The molecule has 1 saturated heterocycles. The summed E-state index contributed by atoms with van der Waals surface area (Å²) in [6, 6.07) is 4.25. The summed E-state index contributed by atoms with van der Waals surface area (Å²) in [6.45, 7) is 3.58. The minimum atomic E-state index is 0.145. The smallest absolute Gasteiger partial charge is 0.236 e. The first kappa shape index (κ1) is 15.2. The second-order valence-electron chi connectivity index (χ2n) is 5.62.